The van der Waals surface area contributed by atoms with Gasteiger partial charge in [-0.05, 0) is 12.8 Å². The monoisotopic (exact) mass is 284 g/mol. The lowest BCUT2D eigenvalue weighted by molar-refractivity contribution is 0.0860. The highest BCUT2D eigenvalue weighted by molar-refractivity contribution is 5.21. The van der Waals surface area contributed by atoms with E-state index in [1.165, 1.54) is 10.8 Å². The Labute approximate surface area is 119 Å². The number of rotatable bonds is 10. The number of nitrogens with zero attached hydrogens (tertiary/aromatic N) is 1. The van der Waals surface area contributed by atoms with Crippen molar-refractivity contribution >= 4 is 0 Å². The minimum atomic E-state index is -0.207. The first-order valence-electron chi connectivity index (χ1n) is 7.11. The second-order valence-electron chi connectivity index (χ2n) is 4.54. The van der Waals surface area contributed by atoms with Gasteiger partial charge in [-0.1, -0.05) is 26.7 Å². The third-order valence-corrected chi connectivity index (χ3v) is 2.80. The molecule has 20 heavy (non-hydrogen) atoms. The van der Waals surface area contributed by atoms with Gasteiger partial charge in [-0.2, -0.15) is 10.2 Å². The quantitative estimate of drug-likeness (QED) is 0.506. The summed E-state index contributed by atoms with van der Waals surface area (Å²) in [6.45, 7) is 5.33. The fourth-order valence-electron chi connectivity index (χ4n) is 1.61. The van der Waals surface area contributed by atoms with Crippen LogP contribution >= 0.6 is 0 Å². The van der Waals surface area contributed by atoms with E-state index < -0.39 is 0 Å². The maximum Gasteiger partial charge on any atom is 0.223 e. The van der Waals surface area contributed by atoms with Gasteiger partial charge in [-0.3, -0.25) is 4.79 Å². The summed E-state index contributed by atoms with van der Waals surface area (Å²) >= 11 is 0. The smallest absolute Gasteiger partial charge is 0.223 e. The van der Waals surface area contributed by atoms with Crippen molar-refractivity contribution in [3.8, 4) is 5.75 Å². The summed E-state index contributed by atoms with van der Waals surface area (Å²) in [6, 6.07) is 1.41. The molecule has 0 saturated carbocycles. The van der Waals surface area contributed by atoms with Crippen LogP contribution in [0.2, 0.25) is 0 Å². The highest BCUT2D eigenvalue weighted by Crippen LogP contribution is 2.07. The normalized spacial score (nSPS) is 10.6. The molecule has 0 fully saturated rings. The minimum Gasteiger partial charge on any atom is -0.488 e. The van der Waals surface area contributed by atoms with Crippen LogP contribution in [0, 0.1) is 0 Å². The number of hydrogen-bond donors (Lipinski definition) is 2. The van der Waals surface area contributed by atoms with E-state index in [0.29, 0.717) is 18.9 Å². The Hall–Kier alpha value is -1.53. The molecule has 0 aliphatic heterocycles. The Morgan fingerprint density at radius 2 is 1.95 bits per heavy atom. The van der Waals surface area contributed by atoms with Crippen molar-refractivity contribution in [3.63, 3.8) is 0 Å². The highest BCUT2D eigenvalue weighted by atomic mass is 16.7. The number of unbranched alkanes of at least 4 members (excludes halogenated alkanes) is 2. The van der Waals surface area contributed by atoms with Crippen LogP contribution in [0.4, 0.5) is 0 Å². The molecule has 0 bridgehead atoms. The van der Waals surface area contributed by atoms with Gasteiger partial charge in [0.1, 0.15) is 6.61 Å². The molecule has 0 aliphatic carbocycles. The van der Waals surface area contributed by atoms with Gasteiger partial charge in [-0.25, -0.2) is 0 Å². The van der Waals surface area contributed by atoms with Crippen LogP contribution in [-0.2, 0) is 6.54 Å². The molecule has 6 nitrogen and oxygen atoms in total. The van der Waals surface area contributed by atoms with Crippen molar-refractivity contribution in [1.82, 2.24) is 10.2 Å². The predicted octanol–water partition coefficient (Wildman–Crippen LogP) is 1.73. The van der Waals surface area contributed by atoms with E-state index in [0.717, 1.165) is 25.7 Å². The highest BCUT2D eigenvalue weighted by Gasteiger charge is 2.08. The molecular weight excluding hydrogens is 260 g/mol. The van der Waals surface area contributed by atoms with Crippen LogP contribution in [0.5, 0.6) is 5.75 Å². The Bertz CT molecular complexity index is 445. The number of ether oxygens (including phenoxy) is 1. The van der Waals surface area contributed by atoms with Gasteiger partial charge in [0.15, 0.2) is 5.75 Å². The molecule has 0 amide bonds. The summed E-state index contributed by atoms with van der Waals surface area (Å²) in [7, 11) is 0. The Kier molecular flexibility index (Phi) is 7.75. The molecule has 0 unspecified atom stereocenters. The van der Waals surface area contributed by atoms with Crippen LogP contribution in [0.15, 0.2) is 17.1 Å². The first kappa shape index (κ1) is 16.5. The lowest BCUT2D eigenvalue weighted by Crippen LogP contribution is -2.24. The van der Waals surface area contributed by atoms with Crippen molar-refractivity contribution in [2.24, 2.45) is 0 Å². The van der Waals surface area contributed by atoms with Crippen LogP contribution in [0.1, 0.15) is 45.2 Å². The molecule has 1 heterocycles. The number of pyridine rings is 1. The van der Waals surface area contributed by atoms with Gasteiger partial charge < -0.3 is 14.8 Å². The first-order valence-corrected chi connectivity index (χ1v) is 7.11. The molecule has 114 valence electrons. The molecule has 0 aliphatic rings. The lowest BCUT2D eigenvalue weighted by Gasteiger charge is -2.15. The summed E-state index contributed by atoms with van der Waals surface area (Å²) in [5, 5.41) is 8.80. The maximum absolute atomic E-state index is 11.9. The summed E-state index contributed by atoms with van der Waals surface area (Å²) in [4.78, 5) is 17.5. The minimum absolute atomic E-state index is 0.136. The summed E-state index contributed by atoms with van der Waals surface area (Å²) < 4.78 is 6.95. The average molecular weight is 284 g/mol. The van der Waals surface area contributed by atoms with Crippen molar-refractivity contribution in [2.75, 3.05) is 13.2 Å². The van der Waals surface area contributed by atoms with E-state index in [1.54, 1.807) is 6.20 Å². The molecule has 0 saturated heterocycles. The average Bonchev–Trinajstić information content (AvgIpc) is 2.43. The largest absolute Gasteiger partial charge is 0.488 e. The van der Waals surface area contributed by atoms with Crippen molar-refractivity contribution in [2.45, 2.75) is 46.1 Å². The number of aromatic nitrogens is 1. The summed E-state index contributed by atoms with van der Waals surface area (Å²) in [5.41, 5.74) is 2.38. The van der Waals surface area contributed by atoms with E-state index >= 15 is 0 Å². The molecule has 2 N–H and O–H groups in total. The second-order valence-corrected chi connectivity index (χ2v) is 4.54. The van der Waals surface area contributed by atoms with Gasteiger partial charge in [-0.15, -0.1) is 0 Å². The number of hydroxylamine groups is 1. The Morgan fingerprint density at radius 1 is 1.25 bits per heavy atom. The van der Waals surface area contributed by atoms with Gasteiger partial charge >= 0.3 is 0 Å². The third kappa shape index (κ3) is 5.22. The zero-order valence-corrected chi connectivity index (χ0v) is 12.2. The molecule has 1 aromatic heterocycles. The van der Waals surface area contributed by atoms with Crippen LogP contribution in [-0.4, -0.2) is 23.2 Å². The zero-order valence-electron chi connectivity index (χ0n) is 12.2. The van der Waals surface area contributed by atoms with Crippen molar-refractivity contribution in [1.29, 1.82) is 0 Å². The SMILES string of the molecule is CCCCOc1cn(OCCCC)c(CNO)cc1=O. The van der Waals surface area contributed by atoms with E-state index in [9.17, 15) is 4.79 Å². The molecule has 0 spiro atoms. The molecule has 1 rings (SSSR count). The first-order chi connectivity index (χ1) is 9.72. The van der Waals surface area contributed by atoms with Crippen molar-refractivity contribution in [3.05, 3.63) is 28.2 Å². The van der Waals surface area contributed by atoms with Gasteiger partial charge in [0, 0.05) is 6.07 Å². The van der Waals surface area contributed by atoms with Crippen molar-refractivity contribution < 1.29 is 14.8 Å². The Balaban J connectivity index is 2.85. The zero-order chi connectivity index (χ0) is 14.8. The van der Waals surface area contributed by atoms with Crippen LogP contribution < -0.4 is 20.5 Å². The maximum atomic E-state index is 11.9. The van der Waals surface area contributed by atoms with E-state index in [2.05, 4.69) is 13.8 Å². The standard InChI is InChI=1S/C14H24N2O4/c1-3-5-7-19-14-11-16(20-8-6-4-2)12(10-15-18)9-13(14)17/h9,11,15,18H,3-8,10H2,1-2H3. The Morgan fingerprint density at radius 3 is 2.60 bits per heavy atom. The van der Waals surface area contributed by atoms with Gasteiger partial charge in [0.2, 0.25) is 5.43 Å². The number of nitrogens with one attached hydrogen (secondary N) is 1. The molecule has 0 aromatic carbocycles. The molecular formula is C14H24N2O4. The third-order valence-electron chi connectivity index (χ3n) is 2.80. The number of hydrogen-bond acceptors (Lipinski definition) is 5. The van der Waals surface area contributed by atoms with E-state index in [4.69, 9.17) is 14.8 Å². The predicted molar refractivity (Wildman–Crippen MR) is 76.1 cm³/mol. The molecule has 6 heteroatoms. The van der Waals surface area contributed by atoms with Crippen LogP contribution in [0.25, 0.3) is 0 Å². The van der Waals surface area contributed by atoms with E-state index in [-0.39, 0.29) is 17.7 Å². The second kappa shape index (κ2) is 9.39. The van der Waals surface area contributed by atoms with Gasteiger partial charge in [0.05, 0.1) is 25.0 Å². The molecule has 1 aromatic rings. The fourth-order valence-corrected chi connectivity index (χ4v) is 1.61. The lowest BCUT2D eigenvalue weighted by atomic mass is 10.3. The fraction of sp³-hybridized carbons (Fsp3) is 0.643. The van der Waals surface area contributed by atoms with Gasteiger partial charge in [0.25, 0.3) is 0 Å². The topological polar surface area (TPSA) is 72.7 Å². The van der Waals surface area contributed by atoms with E-state index in [1.807, 2.05) is 5.48 Å². The summed E-state index contributed by atoms with van der Waals surface area (Å²) in [6.07, 6.45) is 5.39. The molecule has 0 radical (unpaired) electrons. The van der Waals surface area contributed by atoms with Crippen LogP contribution in [0.3, 0.4) is 0 Å². The summed E-state index contributed by atoms with van der Waals surface area (Å²) in [5.74, 6) is 0.275. The molecule has 0 atom stereocenters.